The van der Waals surface area contributed by atoms with E-state index in [1.807, 2.05) is 31.2 Å². The van der Waals surface area contributed by atoms with Gasteiger partial charge in [-0.15, -0.1) is 0 Å². The Bertz CT molecular complexity index is 542. The Morgan fingerprint density at radius 1 is 1.05 bits per heavy atom. The fourth-order valence-corrected chi connectivity index (χ4v) is 1.88. The summed E-state index contributed by atoms with van der Waals surface area (Å²) in [7, 11) is 0. The lowest BCUT2D eigenvalue weighted by Gasteiger charge is -2.17. The molecule has 2 rings (SSSR count). The second-order valence-corrected chi connectivity index (χ2v) is 4.34. The molecule has 2 N–H and O–H groups in total. The molecule has 4 heteroatoms. The van der Waals surface area contributed by atoms with Crippen LogP contribution in [0.4, 0.5) is 4.39 Å². The van der Waals surface area contributed by atoms with Gasteiger partial charge in [-0.25, -0.2) is 4.39 Å². The van der Waals surface area contributed by atoms with Crippen molar-refractivity contribution in [1.82, 2.24) is 0 Å². The molecular weight excluding hydrogens is 257 g/mol. The highest BCUT2D eigenvalue weighted by atomic mass is 19.1. The van der Waals surface area contributed by atoms with E-state index in [4.69, 9.17) is 15.2 Å². The van der Waals surface area contributed by atoms with E-state index in [-0.39, 0.29) is 11.9 Å². The molecule has 1 unspecified atom stereocenters. The van der Waals surface area contributed by atoms with Gasteiger partial charge >= 0.3 is 0 Å². The van der Waals surface area contributed by atoms with E-state index >= 15 is 0 Å². The SMILES string of the molecule is CCOc1ccccc1C(N)COc1ccc(F)cc1. The summed E-state index contributed by atoms with van der Waals surface area (Å²) in [6, 6.07) is 13.2. The van der Waals surface area contributed by atoms with Crippen molar-refractivity contribution in [3.63, 3.8) is 0 Å². The van der Waals surface area contributed by atoms with E-state index in [1.54, 1.807) is 12.1 Å². The maximum absolute atomic E-state index is 12.8. The predicted molar refractivity (Wildman–Crippen MR) is 76.4 cm³/mol. The molecular formula is C16H18FNO2. The monoisotopic (exact) mass is 275 g/mol. The summed E-state index contributed by atoms with van der Waals surface area (Å²) in [5.41, 5.74) is 7.02. The molecule has 0 fully saturated rings. The smallest absolute Gasteiger partial charge is 0.124 e. The van der Waals surface area contributed by atoms with Gasteiger partial charge in [-0.3, -0.25) is 0 Å². The van der Waals surface area contributed by atoms with Crippen molar-refractivity contribution in [2.24, 2.45) is 5.73 Å². The van der Waals surface area contributed by atoms with Gasteiger partial charge in [0.25, 0.3) is 0 Å². The van der Waals surface area contributed by atoms with Crippen molar-refractivity contribution >= 4 is 0 Å². The van der Waals surface area contributed by atoms with Gasteiger partial charge in [-0.1, -0.05) is 18.2 Å². The number of hydrogen-bond donors (Lipinski definition) is 1. The Balaban J connectivity index is 2.01. The standard InChI is InChI=1S/C16H18FNO2/c1-2-19-16-6-4-3-5-14(16)15(18)11-20-13-9-7-12(17)8-10-13/h3-10,15H,2,11,18H2,1H3. The third-order valence-corrected chi connectivity index (χ3v) is 2.86. The third kappa shape index (κ3) is 3.71. The van der Waals surface area contributed by atoms with E-state index < -0.39 is 0 Å². The minimum absolute atomic E-state index is 0.289. The summed E-state index contributed by atoms with van der Waals surface area (Å²) in [5.74, 6) is 1.07. The number of ether oxygens (including phenoxy) is 2. The van der Waals surface area contributed by atoms with Gasteiger partial charge in [-0.2, -0.15) is 0 Å². The van der Waals surface area contributed by atoms with Crippen molar-refractivity contribution in [3.05, 3.63) is 59.9 Å². The minimum atomic E-state index is -0.303. The van der Waals surface area contributed by atoms with Gasteiger partial charge < -0.3 is 15.2 Å². The average molecular weight is 275 g/mol. The maximum atomic E-state index is 12.8. The van der Waals surface area contributed by atoms with Crippen LogP contribution in [0, 0.1) is 5.82 Å². The largest absolute Gasteiger partial charge is 0.494 e. The number of nitrogens with two attached hydrogens (primary N) is 1. The van der Waals surface area contributed by atoms with Crippen LogP contribution in [0.5, 0.6) is 11.5 Å². The molecule has 106 valence electrons. The fraction of sp³-hybridized carbons (Fsp3) is 0.250. The highest BCUT2D eigenvalue weighted by Crippen LogP contribution is 2.24. The summed E-state index contributed by atoms with van der Waals surface area (Å²) >= 11 is 0. The zero-order valence-electron chi connectivity index (χ0n) is 11.4. The third-order valence-electron chi connectivity index (χ3n) is 2.86. The highest BCUT2D eigenvalue weighted by molar-refractivity contribution is 5.36. The molecule has 20 heavy (non-hydrogen) atoms. The predicted octanol–water partition coefficient (Wildman–Crippen LogP) is 3.30. The first kappa shape index (κ1) is 14.3. The molecule has 0 aromatic heterocycles. The van der Waals surface area contributed by atoms with Crippen LogP contribution in [-0.4, -0.2) is 13.2 Å². The molecule has 0 bridgehead atoms. The lowest BCUT2D eigenvalue weighted by Crippen LogP contribution is -2.20. The molecule has 0 aliphatic rings. The maximum Gasteiger partial charge on any atom is 0.124 e. The van der Waals surface area contributed by atoms with Gasteiger partial charge in [0.2, 0.25) is 0 Å². The summed E-state index contributed by atoms with van der Waals surface area (Å²) in [5, 5.41) is 0. The number of rotatable bonds is 6. The van der Waals surface area contributed by atoms with Crippen molar-refractivity contribution in [3.8, 4) is 11.5 Å². The highest BCUT2D eigenvalue weighted by Gasteiger charge is 2.12. The molecule has 0 spiro atoms. The van der Waals surface area contributed by atoms with Crippen LogP contribution < -0.4 is 15.2 Å². The van der Waals surface area contributed by atoms with Gasteiger partial charge in [0, 0.05) is 5.56 Å². The van der Waals surface area contributed by atoms with E-state index in [1.165, 1.54) is 12.1 Å². The van der Waals surface area contributed by atoms with Crippen molar-refractivity contribution in [1.29, 1.82) is 0 Å². The van der Waals surface area contributed by atoms with Crippen LogP contribution in [0.3, 0.4) is 0 Å². The van der Waals surface area contributed by atoms with Crippen LogP contribution >= 0.6 is 0 Å². The summed E-state index contributed by atoms with van der Waals surface area (Å²) < 4.78 is 23.9. The molecule has 0 amide bonds. The van der Waals surface area contributed by atoms with Crippen LogP contribution in [0.15, 0.2) is 48.5 Å². The topological polar surface area (TPSA) is 44.5 Å². The lowest BCUT2D eigenvalue weighted by atomic mass is 10.1. The van der Waals surface area contributed by atoms with Crippen molar-refractivity contribution < 1.29 is 13.9 Å². The molecule has 0 aliphatic carbocycles. The molecule has 2 aromatic rings. The molecule has 0 saturated heterocycles. The van der Waals surface area contributed by atoms with Gasteiger partial charge in [-0.05, 0) is 37.3 Å². The first-order valence-electron chi connectivity index (χ1n) is 6.56. The Morgan fingerprint density at radius 2 is 1.75 bits per heavy atom. The second-order valence-electron chi connectivity index (χ2n) is 4.34. The van der Waals surface area contributed by atoms with E-state index in [9.17, 15) is 4.39 Å². The Labute approximate surface area is 118 Å². The minimum Gasteiger partial charge on any atom is -0.494 e. The fourth-order valence-electron chi connectivity index (χ4n) is 1.88. The van der Waals surface area contributed by atoms with Crippen LogP contribution in [0.2, 0.25) is 0 Å². The Kier molecular flexibility index (Phi) is 4.96. The van der Waals surface area contributed by atoms with Crippen LogP contribution in [0.1, 0.15) is 18.5 Å². The molecule has 0 saturated carbocycles. The first-order chi connectivity index (χ1) is 9.70. The molecule has 1 atom stereocenters. The zero-order chi connectivity index (χ0) is 14.4. The van der Waals surface area contributed by atoms with Crippen molar-refractivity contribution in [2.75, 3.05) is 13.2 Å². The molecule has 2 aromatic carbocycles. The van der Waals surface area contributed by atoms with E-state index in [0.29, 0.717) is 19.0 Å². The first-order valence-corrected chi connectivity index (χ1v) is 6.56. The number of halogens is 1. The van der Waals surface area contributed by atoms with Crippen LogP contribution in [-0.2, 0) is 0 Å². The van der Waals surface area contributed by atoms with E-state index in [0.717, 1.165) is 11.3 Å². The number of para-hydroxylation sites is 1. The summed E-state index contributed by atoms with van der Waals surface area (Å²) in [6.07, 6.45) is 0. The Hall–Kier alpha value is -2.07. The Morgan fingerprint density at radius 3 is 2.45 bits per heavy atom. The van der Waals surface area contributed by atoms with Gasteiger partial charge in [0.15, 0.2) is 0 Å². The molecule has 0 radical (unpaired) electrons. The van der Waals surface area contributed by atoms with Crippen LogP contribution in [0.25, 0.3) is 0 Å². The van der Waals surface area contributed by atoms with Crippen molar-refractivity contribution in [2.45, 2.75) is 13.0 Å². The molecule has 0 aliphatic heterocycles. The second kappa shape index (κ2) is 6.91. The normalized spacial score (nSPS) is 11.9. The summed E-state index contributed by atoms with van der Waals surface area (Å²) in [6.45, 7) is 2.82. The summed E-state index contributed by atoms with van der Waals surface area (Å²) in [4.78, 5) is 0. The van der Waals surface area contributed by atoms with E-state index in [2.05, 4.69) is 0 Å². The average Bonchev–Trinajstić information content (AvgIpc) is 2.47. The number of benzene rings is 2. The van der Waals surface area contributed by atoms with Gasteiger partial charge in [0.1, 0.15) is 23.9 Å². The quantitative estimate of drug-likeness (QED) is 0.879. The molecule has 3 nitrogen and oxygen atoms in total. The molecule has 0 heterocycles. The van der Waals surface area contributed by atoms with Gasteiger partial charge in [0.05, 0.1) is 12.6 Å². The lowest BCUT2D eigenvalue weighted by molar-refractivity contribution is 0.281. The zero-order valence-corrected chi connectivity index (χ0v) is 11.4. The number of hydrogen-bond acceptors (Lipinski definition) is 3.